The van der Waals surface area contributed by atoms with Gasteiger partial charge >= 0.3 is 0 Å². The van der Waals surface area contributed by atoms with Gasteiger partial charge in [0.05, 0.1) is 7.11 Å². The van der Waals surface area contributed by atoms with Crippen LogP contribution in [-0.4, -0.2) is 25.0 Å². The molecular weight excluding hydrogens is 220 g/mol. The van der Waals surface area contributed by atoms with Crippen molar-refractivity contribution in [3.8, 4) is 5.75 Å². The molecule has 2 rings (SSSR count). The first-order valence-corrected chi connectivity index (χ1v) is 5.43. The number of carbonyl (C=O) groups excluding carboxylic acids is 2. The monoisotopic (exact) mass is 234 g/mol. The molecule has 1 aliphatic rings. The van der Waals surface area contributed by atoms with Crippen LogP contribution in [0.3, 0.4) is 0 Å². The lowest BCUT2D eigenvalue weighted by atomic mass is 10.2. The molecule has 1 saturated heterocycles. The van der Waals surface area contributed by atoms with Crippen LogP contribution in [0.25, 0.3) is 0 Å². The lowest BCUT2D eigenvalue weighted by Gasteiger charge is -2.11. The molecule has 0 bridgehead atoms. The molecule has 5 heteroatoms. The van der Waals surface area contributed by atoms with Gasteiger partial charge in [-0.05, 0) is 18.6 Å². The molecule has 1 aromatic carbocycles. The van der Waals surface area contributed by atoms with Crippen molar-refractivity contribution in [1.82, 2.24) is 5.32 Å². The molecule has 0 unspecified atom stereocenters. The quantitative estimate of drug-likeness (QED) is 0.817. The molecule has 0 radical (unpaired) electrons. The molecular formula is C12H14N2O3. The van der Waals surface area contributed by atoms with Crippen molar-refractivity contribution < 1.29 is 14.3 Å². The van der Waals surface area contributed by atoms with Crippen LogP contribution >= 0.6 is 0 Å². The van der Waals surface area contributed by atoms with Gasteiger partial charge in [-0.15, -0.1) is 0 Å². The molecule has 17 heavy (non-hydrogen) atoms. The highest BCUT2D eigenvalue weighted by Crippen LogP contribution is 2.17. The van der Waals surface area contributed by atoms with E-state index < -0.39 is 6.04 Å². The number of amides is 2. The summed E-state index contributed by atoms with van der Waals surface area (Å²) in [5.41, 5.74) is 0.662. The highest BCUT2D eigenvalue weighted by atomic mass is 16.5. The van der Waals surface area contributed by atoms with Gasteiger partial charge in [0.15, 0.2) is 0 Å². The fraction of sp³-hybridized carbons (Fsp3) is 0.333. The Morgan fingerprint density at radius 3 is 3.00 bits per heavy atom. The molecule has 0 saturated carbocycles. The molecule has 0 aliphatic carbocycles. The predicted octanol–water partition coefficient (Wildman–Crippen LogP) is 0.912. The maximum absolute atomic E-state index is 11.8. The van der Waals surface area contributed by atoms with Crippen LogP contribution in [0.4, 0.5) is 5.69 Å². The number of hydrogen-bond donors (Lipinski definition) is 2. The van der Waals surface area contributed by atoms with Crippen molar-refractivity contribution in [2.45, 2.75) is 18.9 Å². The first-order chi connectivity index (χ1) is 8.19. The van der Waals surface area contributed by atoms with Gasteiger partial charge in [-0.2, -0.15) is 0 Å². The lowest BCUT2D eigenvalue weighted by molar-refractivity contribution is -0.122. The normalized spacial score (nSPS) is 18.6. The zero-order chi connectivity index (χ0) is 12.3. The second-order valence-corrected chi connectivity index (χ2v) is 3.88. The Morgan fingerprint density at radius 2 is 2.35 bits per heavy atom. The Kier molecular flexibility index (Phi) is 3.27. The SMILES string of the molecule is COc1cccc(NC(=O)[C@@H]2CCC(=O)N2)c1. The fourth-order valence-electron chi connectivity index (χ4n) is 1.74. The van der Waals surface area contributed by atoms with E-state index in [1.807, 2.05) is 0 Å². The minimum Gasteiger partial charge on any atom is -0.497 e. The molecule has 1 atom stereocenters. The maximum atomic E-state index is 11.8. The molecule has 90 valence electrons. The molecule has 0 spiro atoms. The van der Waals surface area contributed by atoms with Crippen LogP contribution in [0.5, 0.6) is 5.75 Å². The van der Waals surface area contributed by atoms with Crippen molar-refractivity contribution in [2.24, 2.45) is 0 Å². The molecule has 1 aliphatic heterocycles. The minimum atomic E-state index is -0.422. The Morgan fingerprint density at radius 1 is 1.53 bits per heavy atom. The van der Waals surface area contributed by atoms with E-state index in [1.165, 1.54) is 0 Å². The standard InChI is InChI=1S/C12H14N2O3/c1-17-9-4-2-3-8(7-9)13-12(16)10-5-6-11(15)14-10/h2-4,7,10H,5-6H2,1H3,(H,13,16)(H,14,15)/t10-/m0/s1. The molecule has 0 aromatic heterocycles. The first kappa shape index (κ1) is 11.4. The summed E-state index contributed by atoms with van der Waals surface area (Å²) in [6.07, 6.45) is 0.963. The summed E-state index contributed by atoms with van der Waals surface area (Å²) in [7, 11) is 1.57. The molecule has 2 amide bonds. The number of benzene rings is 1. The predicted molar refractivity (Wildman–Crippen MR) is 62.8 cm³/mol. The molecule has 1 heterocycles. The van der Waals surface area contributed by atoms with Gasteiger partial charge < -0.3 is 15.4 Å². The van der Waals surface area contributed by atoms with Crippen LogP contribution in [0, 0.1) is 0 Å². The number of methoxy groups -OCH3 is 1. The van der Waals surface area contributed by atoms with Gasteiger partial charge in [0, 0.05) is 18.2 Å². The number of rotatable bonds is 3. The highest BCUT2D eigenvalue weighted by Gasteiger charge is 2.27. The molecule has 1 aromatic rings. The van der Waals surface area contributed by atoms with Crippen LogP contribution < -0.4 is 15.4 Å². The average Bonchev–Trinajstić information content (AvgIpc) is 2.76. The van der Waals surface area contributed by atoms with Gasteiger partial charge in [0.2, 0.25) is 11.8 Å². The Balaban J connectivity index is 2.00. The van der Waals surface area contributed by atoms with Crippen LogP contribution in [0.15, 0.2) is 24.3 Å². The van der Waals surface area contributed by atoms with Crippen molar-refractivity contribution in [2.75, 3.05) is 12.4 Å². The van der Waals surface area contributed by atoms with Crippen LogP contribution in [-0.2, 0) is 9.59 Å². The summed E-state index contributed by atoms with van der Waals surface area (Å²) in [5, 5.41) is 5.37. The second kappa shape index (κ2) is 4.86. The zero-order valence-corrected chi connectivity index (χ0v) is 9.53. The van der Waals surface area contributed by atoms with Gasteiger partial charge in [-0.1, -0.05) is 6.07 Å². The fourth-order valence-corrected chi connectivity index (χ4v) is 1.74. The third-order valence-corrected chi connectivity index (χ3v) is 2.65. The Hall–Kier alpha value is -2.04. The highest BCUT2D eigenvalue weighted by molar-refractivity contribution is 5.99. The summed E-state index contributed by atoms with van der Waals surface area (Å²) in [4.78, 5) is 22.8. The third-order valence-electron chi connectivity index (χ3n) is 2.65. The molecule has 2 N–H and O–H groups in total. The number of carbonyl (C=O) groups is 2. The van der Waals surface area contributed by atoms with E-state index in [4.69, 9.17) is 4.74 Å². The second-order valence-electron chi connectivity index (χ2n) is 3.88. The van der Waals surface area contributed by atoms with Crippen molar-refractivity contribution in [3.63, 3.8) is 0 Å². The van der Waals surface area contributed by atoms with E-state index in [0.717, 1.165) is 0 Å². The average molecular weight is 234 g/mol. The van der Waals surface area contributed by atoms with Crippen LogP contribution in [0.2, 0.25) is 0 Å². The summed E-state index contributed by atoms with van der Waals surface area (Å²) in [5.74, 6) is 0.415. The van der Waals surface area contributed by atoms with E-state index in [1.54, 1.807) is 31.4 Å². The summed E-state index contributed by atoms with van der Waals surface area (Å²) in [6.45, 7) is 0. The minimum absolute atomic E-state index is 0.0733. The third kappa shape index (κ3) is 2.75. The van der Waals surface area contributed by atoms with Crippen molar-refractivity contribution >= 4 is 17.5 Å². The van der Waals surface area contributed by atoms with E-state index in [0.29, 0.717) is 24.3 Å². The number of nitrogens with one attached hydrogen (secondary N) is 2. The van der Waals surface area contributed by atoms with Crippen molar-refractivity contribution in [1.29, 1.82) is 0 Å². The topological polar surface area (TPSA) is 67.4 Å². The Labute approximate surface area is 99.2 Å². The number of hydrogen-bond acceptors (Lipinski definition) is 3. The molecule has 5 nitrogen and oxygen atoms in total. The Bertz CT molecular complexity index is 445. The van der Waals surface area contributed by atoms with Gasteiger partial charge in [0.1, 0.15) is 11.8 Å². The first-order valence-electron chi connectivity index (χ1n) is 5.43. The number of ether oxygens (including phenoxy) is 1. The smallest absolute Gasteiger partial charge is 0.246 e. The number of anilines is 1. The summed E-state index contributed by atoms with van der Waals surface area (Å²) in [6, 6.07) is 6.68. The van der Waals surface area contributed by atoms with Gasteiger partial charge in [-0.25, -0.2) is 0 Å². The van der Waals surface area contributed by atoms with E-state index in [2.05, 4.69) is 10.6 Å². The van der Waals surface area contributed by atoms with E-state index in [9.17, 15) is 9.59 Å². The van der Waals surface area contributed by atoms with E-state index in [-0.39, 0.29) is 11.8 Å². The van der Waals surface area contributed by atoms with E-state index >= 15 is 0 Å². The largest absolute Gasteiger partial charge is 0.497 e. The summed E-state index contributed by atoms with van der Waals surface area (Å²) >= 11 is 0. The zero-order valence-electron chi connectivity index (χ0n) is 9.53. The van der Waals surface area contributed by atoms with Crippen LogP contribution in [0.1, 0.15) is 12.8 Å². The van der Waals surface area contributed by atoms with Crippen molar-refractivity contribution in [3.05, 3.63) is 24.3 Å². The molecule has 1 fully saturated rings. The van der Waals surface area contributed by atoms with Gasteiger partial charge in [-0.3, -0.25) is 9.59 Å². The summed E-state index contributed by atoms with van der Waals surface area (Å²) < 4.78 is 5.06. The van der Waals surface area contributed by atoms with Gasteiger partial charge in [0.25, 0.3) is 0 Å². The maximum Gasteiger partial charge on any atom is 0.246 e. The lowest BCUT2D eigenvalue weighted by Crippen LogP contribution is -2.37.